The van der Waals surface area contributed by atoms with Gasteiger partial charge in [0, 0.05) is 24.6 Å². The first kappa shape index (κ1) is 18.1. The SMILES string of the molecule is CC(C)(C(=O)N1C[C@H](C(=O)O)[C@H](c2ccccc2)C1)c1ccccc1F. The molecule has 5 heteroatoms. The van der Waals surface area contributed by atoms with Crippen molar-refractivity contribution in [3.8, 4) is 0 Å². The van der Waals surface area contributed by atoms with E-state index in [1.807, 2.05) is 30.3 Å². The number of nitrogens with zero attached hydrogens (tertiary/aromatic N) is 1. The summed E-state index contributed by atoms with van der Waals surface area (Å²) in [6, 6.07) is 15.6. The summed E-state index contributed by atoms with van der Waals surface area (Å²) >= 11 is 0. The largest absolute Gasteiger partial charge is 0.481 e. The van der Waals surface area contributed by atoms with Crippen LogP contribution in [0.15, 0.2) is 54.6 Å². The first-order chi connectivity index (χ1) is 12.3. The quantitative estimate of drug-likeness (QED) is 0.914. The number of aliphatic carboxylic acids is 1. The van der Waals surface area contributed by atoms with Crippen LogP contribution in [0.1, 0.15) is 30.9 Å². The van der Waals surface area contributed by atoms with E-state index in [2.05, 4.69) is 0 Å². The highest BCUT2D eigenvalue weighted by Crippen LogP contribution is 2.36. The maximum absolute atomic E-state index is 14.2. The third-order valence-corrected chi connectivity index (χ3v) is 5.23. The molecule has 3 rings (SSSR count). The zero-order valence-electron chi connectivity index (χ0n) is 14.9. The van der Waals surface area contributed by atoms with Crippen molar-refractivity contribution in [3.63, 3.8) is 0 Å². The monoisotopic (exact) mass is 355 g/mol. The fourth-order valence-corrected chi connectivity index (χ4v) is 3.74. The van der Waals surface area contributed by atoms with Crippen molar-refractivity contribution >= 4 is 11.9 Å². The molecule has 1 N–H and O–H groups in total. The van der Waals surface area contributed by atoms with E-state index < -0.39 is 23.1 Å². The number of rotatable bonds is 4. The van der Waals surface area contributed by atoms with Crippen LogP contribution in [0.3, 0.4) is 0 Å². The smallest absolute Gasteiger partial charge is 0.308 e. The van der Waals surface area contributed by atoms with Crippen molar-refractivity contribution in [3.05, 3.63) is 71.5 Å². The number of halogens is 1. The van der Waals surface area contributed by atoms with Crippen LogP contribution in [0.2, 0.25) is 0 Å². The average molecular weight is 355 g/mol. The van der Waals surface area contributed by atoms with Crippen LogP contribution in [-0.4, -0.2) is 35.0 Å². The number of amides is 1. The second-order valence-electron chi connectivity index (χ2n) is 7.28. The van der Waals surface area contributed by atoms with E-state index in [-0.39, 0.29) is 18.4 Å². The summed E-state index contributed by atoms with van der Waals surface area (Å²) in [6.45, 7) is 3.81. The van der Waals surface area contributed by atoms with Gasteiger partial charge in [0.2, 0.25) is 5.91 Å². The van der Waals surface area contributed by atoms with Crippen molar-refractivity contribution < 1.29 is 19.1 Å². The lowest BCUT2D eigenvalue weighted by molar-refractivity contribution is -0.142. The molecule has 0 spiro atoms. The minimum Gasteiger partial charge on any atom is -0.481 e. The molecule has 0 radical (unpaired) electrons. The molecule has 1 amide bonds. The lowest BCUT2D eigenvalue weighted by Crippen LogP contribution is -2.43. The van der Waals surface area contributed by atoms with E-state index in [0.29, 0.717) is 12.1 Å². The summed E-state index contributed by atoms with van der Waals surface area (Å²) in [6.07, 6.45) is 0. The van der Waals surface area contributed by atoms with Crippen LogP contribution in [0.5, 0.6) is 0 Å². The second kappa shape index (κ2) is 6.90. The molecule has 0 aliphatic carbocycles. The standard InChI is InChI=1S/C21H22FNO3/c1-21(2,17-10-6-7-11-18(17)22)20(26)23-12-15(16(13-23)19(24)25)14-8-4-3-5-9-14/h3-11,15-16H,12-13H2,1-2H3,(H,24,25)/t15-,16-/m0/s1. The molecule has 2 aromatic rings. The Balaban J connectivity index is 1.89. The van der Waals surface area contributed by atoms with Gasteiger partial charge in [-0.3, -0.25) is 9.59 Å². The van der Waals surface area contributed by atoms with Crippen LogP contribution >= 0.6 is 0 Å². The summed E-state index contributed by atoms with van der Waals surface area (Å²) < 4.78 is 14.2. The number of carboxylic acid groups (broad SMARTS) is 1. The molecular weight excluding hydrogens is 333 g/mol. The van der Waals surface area contributed by atoms with Crippen LogP contribution in [-0.2, 0) is 15.0 Å². The predicted octanol–water partition coefficient (Wildman–Crippen LogP) is 3.43. The van der Waals surface area contributed by atoms with Crippen LogP contribution in [0, 0.1) is 11.7 Å². The summed E-state index contributed by atoms with van der Waals surface area (Å²) in [7, 11) is 0. The molecule has 26 heavy (non-hydrogen) atoms. The molecule has 0 aromatic heterocycles. The highest BCUT2D eigenvalue weighted by atomic mass is 19.1. The van der Waals surface area contributed by atoms with Gasteiger partial charge in [-0.1, -0.05) is 48.5 Å². The Kier molecular flexibility index (Phi) is 4.81. The number of likely N-dealkylation sites (tertiary alicyclic amines) is 1. The number of carboxylic acids is 1. The molecule has 1 aliphatic heterocycles. The maximum Gasteiger partial charge on any atom is 0.308 e. The summed E-state index contributed by atoms with van der Waals surface area (Å²) in [5.41, 5.74) is 0.152. The lowest BCUT2D eigenvalue weighted by atomic mass is 9.83. The van der Waals surface area contributed by atoms with Gasteiger partial charge in [-0.25, -0.2) is 4.39 Å². The zero-order valence-corrected chi connectivity index (χ0v) is 14.9. The Bertz CT molecular complexity index is 819. The Morgan fingerprint density at radius 2 is 1.65 bits per heavy atom. The molecule has 1 fully saturated rings. The first-order valence-corrected chi connectivity index (χ1v) is 8.64. The minimum atomic E-state index is -1.07. The lowest BCUT2D eigenvalue weighted by Gasteiger charge is -2.30. The normalized spacial score (nSPS) is 20.2. The van der Waals surface area contributed by atoms with Gasteiger partial charge in [0.25, 0.3) is 0 Å². The predicted molar refractivity (Wildman–Crippen MR) is 96.3 cm³/mol. The number of carbonyl (C=O) groups is 2. The Morgan fingerprint density at radius 1 is 1.04 bits per heavy atom. The van der Waals surface area contributed by atoms with Crippen LogP contribution in [0.4, 0.5) is 4.39 Å². The maximum atomic E-state index is 14.2. The molecule has 0 saturated carbocycles. The van der Waals surface area contributed by atoms with Crippen molar-refractivity contribution in [2.45, 2.75) is 25.2 Å². The third-order valence-electron chi connectivity index (χ3n) is 5.23. The number of carbonyl (C=O) groups excluding carboxylic acids is 1. The molecule has 2 atom stereocenters. The number of benzene rings is 2. The van der Waals surface area contributed by atoms with Gasteiger partial charge in [-0.05, 0) is 25.5 Å². The second-order valence-corrected chi connectivity index (χ2v) is 7.28. The van der Waals surface area contributed by atoms with Gasteiger partial charge in [0.15, 0.2) is 0 Å². The zero-order chi connectivity index (χ0) is 18.9. The average Bonchev–Trinajstić information content (AvgIpc) is 3.07. The number of hydrogen-bond donors (Lipinski definition) is 1. The fraction of sp³-hybridized carbons (Fsp3) is 0.333. The van der Waals surface area contributed by atoms with E-state index in [0.717, 1.165) is 5.56 Å². The molecule has 4 nitrogen and oxygen atoms in total. The Labute approximate surface area is 152 Å². The molecule has 2 aromatic carbocycles. The van der Waals surface area contributed by atoms with E-state index in [1.54, 1.807) is 36.9 Å². The minimum absolute atomic E-state index is 0.131. The summed E-state index contributed by atoms with van der Waals surface area (Å²) in [5, 5.41) is 9.61. The molecule has 1 aliphatic rings. The van der Waals surface area contributed by atoms with Gasteiger partial charge < -0.3 is 10.0 Å². The van der Waals surface area contributed by atoms with Crippen LogP contribution < -0.4 is 0 Å². The Hall–Kier alpha value is -2.69. The van der Waals surface area contributed by atoms with Crippen molar-refractivity contribution in [2.75, 3.05) is 13.1 Å². The molecule has 0 bridgehead atoms. The van der Waals surface area contributed by atoms with E-state index in [4.69, 9.17) is 0 Å². The van der Waals surface area contributed by atoms with Gasteiger partial charge in [-0.15, -0.1) is 0 Å². The van der Waals surface area contributed by atoms with Gasteiger partial charge >= 0.3 is 5.97 Å². The Morgan fingerprint density at radius 3 is 2.27 bits per heavy atom. The fourth-order valence-electron chi connectivity index (χ4n) is 3.74. The molecule has 136 valence electrons. The van der Waals surface area contributed by atoms with Crippen molar-refractivity contribution in [1.82, 2.24) is 4.90 Å². The molecule has 1 saturated heterocycles. The van der Waals surface area contributed by atoms with E-state index >= 15 is 0 Å². The summed E-state index contributed by atoms with van der Waals surface area (Å²) in [5.74, 6) is -2.54. The summed E-state index contributed by atoms with van der Waals surface area (Å²) in [4.78, 5) is 26.4. The molecule has 0 unspecified atom stereocenters. The van der Waals surface area contributed by atoms with Crippen molar-refractivity contribution in [2.24, 2.45) is 5.92 Å². The topological polar surface area (TPSA) is 57.6 Å². The molecule has 1 heterocycles. The number of hydrogen-bond acceptors (Lipinski definition) is 2. The van der Waals surface area contributed by atoms with Crippen molar-refractivity contribution in [1.29, 1.82) is 0 Å². The van der Waals surface area contributed by atoms with Gasteiger partial charge in [-0.2, -0.15) is 0 Å². The molecular formula is C21H22FNO3. The highest BCUT2D eigenvalue weighted by molar-refractivity contribution is 5.88. The first-order valence-electron chi connectivity index (χ1n) is 8.64. The van der Waals surface area contributed by atoms with E-state index in [9.17, 15) is 19.1 Å². The van der Waals surface area contributed by atoms with Gasteiger partial charge in [0.05, 0.1) is 11.3 Å². The van der Waals surface area contributed by atoms with E-state index in [1.165, 1.54) is 6.07 Å². The third kappa shape index (κ3) is 3.21. The van der Waals surface area contributed by atoms with Gasteiger partial charge in [0.1, 0.15) is 5.82 Å². The van der Waals surface area contributed by atoms with Crippen LogP contribution in [0.25, 0.3) is 0 Å². The highest BCUT2D eigenvalue weighted by Gasteiger charge is 2.44.